The summed E-state index contributed by atoms with van der Waals surface area (Å²) in [6.07, 6.45) is 2.27. The smallest absolute Gasteiger partial charge is 0.410 e. The highest BCUT2D eigenvalue weighted by Gasteiger charge is 2.23. The Morgan fingerprint density at radius 2 is 1.92 bits per heavy atom. The molecule has 0 radical (unpaired) electrons. The van der Waals surface area contributed by atoms with Crippen molar-refractivity contribution < 1.29 is 18.7 Å². The Balaban J connectivity index is 1.29. The molecule has 4 aromatic rings. The maximum absolute atomic E-state index is 14.2. The lowest BCUT2D eigenvalue weighted by Crippen LogP contribution is -2.26. The summed E-state index contributed by atoms with van der Waals surface area (Å²) in [6, 6.07) is 18.5. The number of carbonyl (C=O) groups excluding carboxylic acids is 2. The Labute approximate surface area is 222 Å². The van der Waals surface area contributed by atoms with Crippen molar-refractivity contribution in [2.45, 2.75) is 24.5 Å². The van der Waals surface area contributed by atoms with Gasteiger partial charge in [-0.3, -0.25) is 4.79 Å². The topological polar surface area (TPSA) is 74.4 Å². The van der Waals surface area contributed by atoms with Crippen LogP contribution in [0.4, 0.5) is 9.18 Å². The molecule has 2 amide bonds. The van der Waals surface area contributed by atoms with E-state index in [2.05, 4.69) is 10.3 Å². The predicted octanol–water partition coefficient (Wildman–Crippen LogP) is 6.40. The molecule has 0 aliphatic carbocycles. The molecule has 3 aromatic carbocycles. The fourth-order valence-corrected chi connectivity index (χ4v) is 6.17. The third-order valence-electron chi connectivity index (χ3n) is 6.34. The molecule has 2 heterocycles. The lowest BCUT2D eigenvalue weighted by Gasteiger charge is -2.18. The molecule has 0 atom stereocenters. The summed E-state index contributed by atoms with van der Waals surface area (Å²) in [5, 5.41) is 3.62. The van der Waals surface area contributed by atoms with Crippen LogP contribution in [0.1, 0.15) is 27.0 Å². The van der Waals surface area contributed by atoms with Gasteiger partial charge in [-0.2, -0.15) is 0 Å². The van der Waals surface area contributed by atoms with Crippen LogP contribution < -0.4 is 5.32 Å². The Morgan fingerprint density at radius 3 is 2.70 bits per heavy atom. The van der Waals surface area contributed by atoms with E-state index >= 15 is 0 Å². The Kier molecular flexibility index (Phi) is 7.43. The van der Waals surface area contributed by atoms with E-state index in [-0.39, 0.29) is 12.5 Å². The summed E-state index contributed by atoms with van der Waals surface area (Å²) < 4.78 is 19.7. The van der Waals surface area contributed by atoms with Crippen LogP contribution in [-0.4, -0.2) is 41.7 Å². The molecular weight excluding hydrogens is 509 g/mol. The van der Waals surface area contributed by atoms with Crippen molar-refractivity contribution in [2.24, 2.45) is 0 Å². The lowest BCUT2D eigenvalue weighted by molar-refractivity contribution is 0.0956. The lowest BCUT2D eigenvalue weighted by atomic mass is 9.99. The fourth-order valence-electron chi connectivity index (χ4n) is 4.60. The van der Waals surface area contributed by atoms with Gasteiger partial charge in [-0.25, -0.2) is 9.18 Å². The first-order valence-corrected chi connectivity index (χ1v) is 14.4. The quantitative estimate of drug-likeness (QED) is 0.268. The Morgan fingerprint density at radius 1 is 1.14 bits per heavy atom. The van der Waals surface area contributed by atoms with Crippen LogP contribution in [0.15, 0.2) is 65.6 Å². The number of halogens is 1. The van der Waals surface area contributed by atoms with Gasteiger partial charge in [0, 0.05) is 47.2 Å². The van der Waals surface area contributed by atoms with Crippen molar-refractivity contribution in [1.29, 1.82) is 0 Å². The summed E-state index contributed by atoms with van der Waals surface area (Å²) in [4.78, 5) is 31.0. The number of H-pyrrole nitrogens is 1. The zero-order valence-electron chi connectivity index (χ0n) is 20.5. The number of amides is 2. The highest BCUT2D eigenvalue weighted by molar-refractivity contribution is 8.76. The van der Waals surface area contributed by atoms with Gasteiger partial charge in [0.2, 0.25) is 0 Å². The van der Waals surface area contributed by atoms with Gasteiger partial charge < -0.3 is 19.9 Å². The molecule has 190 valence electrons. The monoisotopic (exact) mass is 535 g/mol. The van der Waals surface area contributed by atoms with E-state index in [1.807, 2.05) is 54.8 Å². The number of aromatic amines is 1. The van der Waals surface area contributed by atoms with Gasteiger partial charge in [0.15, 0.2) is 0 Å². The molecule has 1 aromatic heterocycles. The van der Waals surface area contributed by atoms with Gasteiger partial charge >= 0.3 is 6.09 Å². The van der Waals surface area contributed by atoms with E-state index in [4.69, 9.17) is 4.74 Å². The molecule has 6 nitrogen and oxygen atoms in total. The van der Waals surface area contributed by atoms with E-state index in [9.17, 15) is 14.0 Å². The molecule has 2 N–H and O–H groups in total. The third kappa shape index (κ3) is 5.33. The average Bonchev–Trinajstić information content (AvgIpc) is 3.17. The van der Waals surface area contributed by atoms with E-state index in [0.29, 0.717) is 30.6 Å². The normalized spacial score (nSPS) is 12.8. The molecule has 37 heavy (non-hydrogen) atoms. The van der Waals surface area contributed by atoms with Gasteiger partial charge in [0.1, 0.15) is 12.4 Å². The first-order chi connectivity index (χ1) is 17.9. The standard InChI is InChI=1S/C28H26FN3O3S2/c1-32(28(34)35-16-19-5-3-4-6-24(19)37-36-2)15-17-7-9-18(10-8-17)26-21-11-12-30-27(33)22-13-20(29)14-23(31-26)25(21)22/h3-10,13-14,31H,11-12,15-16H2,1-2H3,(H,30,33). The minimum atomic E-state index is -0.448. The first-order valence-electron chi connectivity index (χ1n) is 11.8. The first kappa shape index (κ1) is 25.2. The number of aromatic nitrogens is 1. The third-order valence-corrected chi connectivity index (χ3v) is 8.13. The average molecular weight is 536 g/mol. The van der Waals surface area contributed by atoms with Crippen molar-refractivity contribution in [2.75, 3.05) is 19.8 Å². The molecular formula is C28H26FN3O3S2. The minimum Gasteiger partial charge on any atom is -0.444 e. The van der Waals surface area contributed by atoms with Crippen molar-refractivity contribution in [3.8, 4) is 11.3 Å². The van der Waals surface area contributed by atoms with Crippen LogP contribution >= 0.6 is 21.6 Å². The van der Waals surface area contributed by atoms with Gasteiger partial charge in [-0.15, -0.1) is 0 Å². The molecule has 0 fully saturated rings. The molecule has 0 saturated heterocycles. The zero-order valence-corrected chi connectivity index (χ0v) is 22.1. The Hall–Kier alpha value is -3.43. The molecule has 5 rings (SSSR count). The van der Waals surface area contributed by atoms with E-state index in [1.165, 1.54) is 12.1 Å². The highest BCUT2D eigenvalue weighted by Crippen LogP contribution is 2.35. The number of ether oxygens (including phenoxy) is 1. The largest absolute Gasteiger partial charge is 0.444 e. The summed E-state index contributed by atoms with van der Waals surface area (Å²) in [5.74, 6) is -0.707. The number of hydrogen-bond acceptors (Lipinski definition) is 5. The van der Waals surface area contributed by atoms with Crippen LogP contribution in [0.2, 0.25) is 0 Å². The van der Waals surface area contributed by atoms with Crippen LogP contribution in [0.3, 0.4) is 0 Å². The van der Waals surface area contributed by atoms with Gasteiger partial charge in [-0.05, 0) is 47.6 Å². The van der Waals surface area contributed by atoms with Crippen molar-refractivity contribution >= 4 is 44.5 Å². The minimum absolute atomic E-state index is 0.217. The summed E-state index contributed by atoms with van der Waals surface area (Å²) in [5.41, 5.74) is 5.70. The molecule has 0 saturated carbocycles. The van der Waals surface area contributed by atoms with Crippen LogP contribution in [0.25, 0.3) is 22.2 Å². The van der Waals surface area contributed by atoms with Gasteiger partial charge in [0.25, 0.3) is 5.91 Å². The SMILES string of the molecule is CSSc1ccccc1COC(=O)N(C)Cc1ccc(-c2[nH]c3cc(F)cc4c3c2CCNC4=O)cc1. The number of rotatable bonds is 7. The Bertz CT molecular complexity index is 1470. The number of carbonyl (C=O) groups is 2. The number of benzene rings is 3. The van der Waals surface area contributed by atoms with Crippen LogP contribution in [-0.2, 0) is 24.3 Å². The second-order valence-electron chi connectivity index (χ2n) is 8.83. The summed E-state index contributed by atoms with van der Waals surface area (Å²) >= 11 is 0. The van der Waals surface area contributed by atoms with Crippen LogP contribution in [0.5, 0.6) is 0 Å². The van der Waals surface area contributed by atoms with Crippen molar-refractivity contribution in [3.63, 3.8) is 0 Å². The molecule has 0 bridgehead atoms. The molecule has 9 heteroatoms. The fraction of sp³-hybridized carbons (Fsp3) is 0.214. The zero-order chi connectivity index (χ0) is 25.9. The second kappa shape index (κ2) is 10.9. The number of nitrogens with one attached hydrogen (secondary N) is 2. The maximum atomic E-state index is 14.2. The molecule has 0 unspecified atom stereocenters. The van der Waals surface area contributed by atoms with Crippen molar-refractivity contribution in [3.05, 3.63) is 88.7 Å². The molecule has 1 aliphatic heterocycles. The van der Waals surface area contributed by atoms with Gasteiger partial charge in [-0.1, -0.05) is 64.1 Å². The molecule has 1 aliphatic rings. The van der Waals surface area contributed by atoms with Crippen molar-refractivity contribution in [1.82, 2.24) is 15.2 Å². The van der Waals surface area contributed by atoms with E-state index in [0.717, 1.165) is 38.2 Å². The van der Waals surface area contributed by atoms with E-state index in [1.54, 1.807) is 33.5 Å². The van der Waals surface area contributed by atoms with E-state index < -0.39 is 11.9 Å². The molecule has 0 spiro atoms. The maximum Gasteiger partial charge on any atom is 0.410 e. The van der Waals surface area contributed by atoms with Crippen LogP contribution in [0, 0.1) is 5.82 Å². The summed E-state index contributed by atoms with van der Waals surface area (Å²) in [6.45, 7) is 1.10. The van der Waals surface area contributed by atoms with Gasteiger partial charge in [0.05, 0.1) is 5.56 Å². The number of hydrogen-bond donors (Lipinski definition) is 2. The highest BCUT2D eigenvalue weighted by atomic mass is 33.1. The summed E-state index contributed by atoms with van der Waals surface area (Å²) in [7, 11) is 5.01. The second-order valence-corrected chi connectivity index (χ2v) is 11.3. The number of nitrogens with zero attached hydrogens (tertiary/aromatic N) is 1. The predicted molar refractivity (Wildman–Crippen MR) is 147 cm³/mol.